The number of benzene rings is 10. The van der Waals surface area contributed by atoms with E-state index in [0.29, 0.717) is 50.5 Å². The van der Waals surface area contributed by atoms with E-state index < -0.39 is 143 Å². The predicted molar refractivity (Wildman–Crippen MR) is 332 cm³/mol. The number of para-hydroxylation sites is 2. The normalized spacial score (nSPS) is 15.8. The van der Waals surface area contributed by atoms with Crippen LogP contribution in [0.25, 0.3) is 106 Å². The Labute approximate surface area is 498 Å². The van der Waals surface area contributed by atoms with E-state index >= 15 is 0 Å². The summed E-state index contributed by atoms with van der Waals surface area (Å²) in [6.45, 7) is 9.46. The Morgan fingerprint density at radius 1 is 0.500 bits per heavy atom. The van der Waals surface area contributed by atoms with Crippen molar-refractivity contribution in [2.75, 3.05) is 0 Å². The number of ether oxygens (including phenoxy) is 1. The smallest absolute Gasteiger partial charge is 0.269 e. The van der Waals surface area contributed by atoms with Gasteiger partial charge in [-0.2, -0.15) is 0 Å². The number of fused-ring (bicyclic) bond motifs is 4. The summed E-state index contributed by atoms with van der Waals surface area (Å²) < 4.78 is 199. The molecule has 0 N–H and O–H groups in total. The topological polar surface area (TPSA) is 35.9 Å². The fraction of sp³-hybridized carbons (Fsp3) is 0.120. The summed E-state index contributed by atoms with van der Waals surface area (Å²) in [5, 5.41) is 1.55. The first kappa shape index (κ1) is 31.7. The van der Waals surface area contributed by atoms with Crippen LogP contribution in [0.2, 0.25) is 0 Å². The molecule has 0 aliphatic heterocycles. The van der Waals surface area contributed by atoms with Gasteiger partial charge in [-0.3, -0.25) is 13.7 Å². The van der Waals surface area contributed by atoms with Gasteiger partial charge in [0.25, 0.3) is 6.33 Å². The van der Waals surface area contributed by atoms with Gasteiger partial charge >= 0.3 is 0 Å². The molecule has 0 aliphatic rings. The standard InChI is InChI=1S/C75H62N4O/c1-50-41-72(76-48-66(50)54-25-15-10-16-26-54)79-68-32-18-17-29-64(68)65-39-38-62(47-70(65)79)80-61-28-19-27-60(46-61)77-49-78(69-40-35-55(45-71(69)77)53-33-36-59(37-34-53)74(2,3)4)73-63(30-20-31-67(73)75(5,6)7)58-43-56(51-21-11-8-12-22-51)42-57(44-58)52-23-13-9-14-24-52/h8-48H,1-7H3/i1D3,8D,9D,10D,11D,12D,13D,14D,15D,16D,21D,22D,23D,24D,25D,26D,42D,43D,44D. The fourth-order valence-electron chi connectivity index (χ4n) is 10.2. The fourth-order valence-corrected chi connectivity index (χ4v) is 10.2. The van der Waals surface area contributed by atoms with Crippen molar-refractivity contribution in [1.29, 1.82) is 0 Å². The Kier molecular flexibility index (Phi) is 7.94. The number of pyridine rings is 1. The second-order valence-electron chi connectivity index (χ2n) is 21.5. The van der Waals surface area contributed by atoms with Crippen LogP contribution in [-0.4, -0.2) is 14.1 Å². The van der Waals surface area contributed by atoms with Crippen LogP contribution in [0.4, 0.5) is 0 Å². The summed E-state index contributed by atoms with van der Waals surface area (Å²) in [4.78, 5) is 4.74. The highest BCUT2D eigenvalue weighted by atomic mass is 16.5. The molecule has 5 nitrogen and oxygen atoms in total. The first-order valence-electron chi connectivity index (χ1n) is 36.5. The molecule has 5 heteroatoms. The minimum Gasteiger partial charge on any atom is -0.458 e. The quantitative estimate of drug-likeness (QED) is 0.101. The summed E-state index contributed by atoms with van der Waals surface area (Å²) in [7, 11) is 0. The highest BCUT2D eigenvalue weighted by Gasteiger charge is 2.26. The van der Waals surface area contributed by atoms with Crippen molar-refractivity contribution in [1.82, 2.24) is 14.1 Å². The van der Waals surface area contributed by atoms with E-state index in [-0.39, 0.29) is 39.1 Å². The third-order valence-corrected chi connectivity index (χ3v) is 14.2. The monoisotopic (exact) mass is 1060 g/mol. The number of nitrogens with zero attached hydrogens (tertiary/aromatic N) is 4. The number of aryl methyl sites for hydroxylation is 1. The van der Waals surface area contributed by atoms with Crippen LogP contribution in [0.3, 0.4) is 0 Å². The first-order chi connectivity index (χ1) is 47.5. The number of imidazole rings is 1. The lowest BCUT2D eigenvalue weighted by Gasteiger charge is -2.26. The van der Waals surface area contributed by atoms with Crippen LogP contribution in [-0.2, 0) is 10.8 Å². The van der Waals surface area contributed by atoms with Crippen molar-refractivity contribution in [2.24, 2.45) is 0 Å². The zero-order chi connectivity index (χ0) is 72.9. The van der Waals surface area contributed by atoms with Gasteiger partial charge in [0.1, 0.15) is 17.3 Å². The van der Waals surface area contributed by atoms with Crippen LogP contribution in [0, 0.1) is 13.2 Å². The van der Waals surface area contributed by atoms with Gasteiger partial charge in [-0.05, 0) is 151 Å². The zero-order valence-corrected chi connectivity index (χ0v) is 44.5. The number of aromatic nitrogens is 4. The molecular formula is C75H62N4O. The highest BCUT2D eigenvalue weighted by molar-refractivity contribution is 6.09. The maximum absolute atomic E-state index is 10.2. The third-order valence-electron chi connectivity index (χ3n) is 14.2. The first-order valence-corrected chi connectivity index (χ1v) is 26.0. The SMILES string of the molecule is [2H]c1c([2H])c([2H])c(-c2cnc(-n3c4ccccc4c4ccc(Oc5cccc(-n6[c-][n+](-c7c(-c8c([2H])c(-c9c([2H])c([2H])c([2H])c([2H])c9[2H])c([2H])c(-c9c([2H])c([2H])c([2H])c([2H])c9[2H])c8[2H])cccc7C(C)(C)C)c7ccc(-c8ccc(C(C)(C)C)cc8)cc76)c5)cc43)cc2C([2H])([2H])[2H])c([2H])c1[2H]. The molecule has 3 aromatic heterocycles. The molecule has 0 saturated carbocycles. The lowest BCUT2D eigenvalue weighted by atomic mass is 9.82. The maximum atomic E-state index is 10.2. The van der Waals surface area contributed by atoms with E-state index in [2.05, 4.69) is 39.2 Å². The van der Waals surface area contributed by atoms with Crippen molar-refractivity contribution in [3.8, 4) is 84.3 Å². The average molecular weight is 1060 g/mol. The molecule has 80 heavy (non-hydrogen) atoms. The molecular weight excluding hydrogens is 973 g/mol. The maximum Gasteiger partial charge on any atom is 0.269 e. The van der Waals surface area contributed by atoms with Crippen LogP contribution < -0.4 is 9.30 Å². The summed E-state index contributed by atoms with van der Waals surface area (Å²) in [5.41, 5.74) is 2.76. The van der Waals surface area contributed by atoms with Crippen molar-refractivity contribution < 1.29 is 38.1 Å². The lowest BCUT2D eigenvalue weighted by molar-refractivity contribution is -0.572. The summed E-state index contributed by atoms with van der Waals surface area (Å²) in [6.07, 6.45) is 4.86. The molecule has 13 aromatic rings. The molecule has 3 heterocycles. The molecule has 13 rings (SSSR count). The Hall–Kier alpha value is -9.58. The molecule has 0 aliphatic carbocycles. The summed E-state index contributed by atoms with van der Waals surface area (Å²) in [6, 6.07) is 28.2. The minimum atomic E-state index is -2.84. The van der Waals surface area contributed by atoms with Gasteiger partial charge in [-0.25, -0.2) is 4.98 Å². The van der Waals surface area contributed by atoms with E-state index in [4.69, 9.17) is 28.9 Å². The van der Waals surface area contributed by atoms with E-state index in [1.54, 1.807) is 51.6 Å². The Morgan fingerprint density at radius 2 is 1.14 bits per heavy atom. The van der Waals surface area contributed by atoms with Gasteiger partial charge in [0.15, 0.2) is 0 Å². The Morgan fingerprint density at radius 3 is 1.82 bits per heavy atom. The van der Waals surface area contributed by atoms with Gasteiger partial charge in [0.2, 0.25) is 0 Å². The van der Waals surface area contributed by atoms with Crippen LogP contribution in [0.1, 0.15) is 87.0 Å². The van der Waals surface area contributed by atoms with Gasteiger partial charge in [0.05, 0.1) is 58.1 Å². The molecule has 0 radical (unpaired) electrons. The zero-order valence-electron chi connectivity index (χ0n) is 65.5. The molecule has 0 bridgehead atoms. The van der Waals surface area contributed by atoms with Crippen molar-refractivity contribution in [3.05, 3.63) is 271 Å². The summed E-state index contributed by atoms with van der Waals surface area (Å²) in [5.74, 6) is 0.876. The number of rotatable bonds is 10. The molecule has 10 aromatic carbocycles. The van der Waals surface area contributed by atoms with E-state index in [9.17, 15) is 9.60 Å². The molecule has 0 atom stereocenters. The van der Waals surface area contributed by atoms with E-state index in [1.807, 2.05) is 98.1 Å². The molecule has 0 saturated heterocycles. The number of hydrogen-bond donors (Lipinski definition) is 0. The Balaban J connectivity index is 1.03. The van der Waals surface area contributed by atoms with Crippen molar-refractivity contribution in [3.63, 3.8) is 0 Å². The second kappa shape index (κ2) is 20.0. The average Bonchev–Trinajstić information content (AvgIpc) is 1.56. The number of hydrogen-bond acceptors (Lipinski definition) is 2. The van der Waals surface area contributed by atoms with E-state index in [0.717, 1.165) is 27.5 Å². The highest BCUT2D eigenvalue weighted by Crippen LogP contribution is 2.41. The van der Waals surface area contributed by atoms with Gasteiger partial charge in [-0.1, -0.05) is 211 Å². The van der Waals surface area contributed by atoms with Gasteiger partial charge < -0.3 is 4.74 Å². The summed E-state index contributed by atoms with van der Waals surface area (Å²) >= 11 is 0. The molecule has 0 fully saturated rings. The van der Waals surface area contributed by atoms with E-state index in [1.165, 1.54) is 12.3 Å². The molecule has 0 amide bonds. The lowest BCUT2D eigenvalue weighted by Crippen LogP contribution is -2.34. The van der Waals surface area contributed by atoms with Crippen LogP contribution in [0.15, 0.2) is 248 Å². The van der Waals surface area contributed by atoms with Gasteiger partial charge in [0, 0.05) is 32.7 Å². The van der Waals surface area contributed by atoms with Crippen molar-refractivity contribution >= 4 is 32.8 Å². The molecule has 0 unspecified atom stereocenters. The van der Waals surface area contributed by atoms with Crippen LogP contribution in [0.5, 0.6) is 11.5 Å². The largest absolute Gasteiger partial charge is 0.458 e. The predicted octanol–water partition coefficient (Wildman–Crippen LogP) is 19.2. The second-order valence-corrected chi connectivity index (χ2v) is 21.5. The van der Waals surface area contributed by atoms with Crippen LogP contribution >= 0.6 is 0 Å². The van der Waals surface area contributed by atoms with Gasteiger partial charge in [-0.15, -0.1) is 0 Å². The Bertz CT molecular complexity index is 5500. The molecule has 0 spiro atoms. The minimum absolute atomic E-state index is 0.143. The molecule has 388 valence electrons. The third kappa shape index (κ3) is 9.35. The van der Waals surface area contributed by atoms with Crippen molar-refractivity contribution in [2.45, 2.75) is 59.2 Å².